The molecule has 7 heteroatoms. The average Bonchev–Trinajstić information content (AvgIpc) is 2.78. The van der Waals surface area contributed by atoms with Crippen molar-refractivity contribution in [1.82, 2.24) is 10.1 Å². The molecular formula is C11H10BrN3O3. The fourth-order valence-electron chi connectivity index (χ4n) is 1.34. The molecule has 0 fully saturated rings. The van der Waals surface area contributed by atoms with Gasteiger partial charge in [-0.2, -0.15) is 4.98 Å². The molecule has 94 valence electrons. The number of aromatic nitrogens is 2. The van der Waals surface area contributed by atoms with Crippen LogP contribution in [0.25, 0.3) is 11.5 Å². The van der Waals surface area contributed by atoms with E-state index in [2.05, 4.69) is 26.1 Å². The van der Waals surface area contributed by atoms with Crippen molar-refractivity contribution in [2.75, 3.05) is 12.3 Å². The van der Waals surface area contributed by atoms with Crippen LogP contribution in [-0.2, 0) is 4.74 Å². The predicted molar refractivity (Wildman–Crippen MR) is 67.8 cm³/mol. The van der Waals surface area contributed by atoms with Gasteiger partial charge >= 0.3 is 5.97 Å². The second-order valence-electron chi connectivity index (χ2n) is 3.38. The van der Waals surface area contributed by atoms with E-state index in [1.165, 1.54) is 0 Å². The SMILES string of the molecule is CCOC(=O)c1noc(-c2ccc(Br)cc2N)n1. The Labute approximate surface area is 111 Å². The summed E-state index contributed by atoms with van der Waals surface area (Å²) in [5, 5.41) is 3.55. The van der Waals surface area contributed by atoms with Crippen molar-refractivity contribution in [3.05, 3.63) is 28.5 Å². The normalized spacial score (nSPS) is 10.3. The topological polar surface area (TPSA) is 91.2 Å². The number of hydrogen-bond donors (Lipinski definition) is 1. The van der Waals surface area contributed by atoms with Gasteiger partial charge in [0, 0.05) is 10.2 Å². The van der Waals surface area contributed by atoms with Crippen molar-refractivity contribution in [3.8, 4) is 11.5 Å². The Morgan fingerprint density at radius 1 is 1.56 bits per heavy atom. The van der Waals surface area contributed by atoms with Crippen LogP contribution in [0, 0.1) is 0 Å². The Bertz CT molecular complexity index is 583. The van der Waals surface area contributed by atoms with Gasteiger partial charge in [0.2, 0.25) is 0 Å². The summed E-state index contributed by atoms with van der Waals surface area (Å²) < 4.78 is 10.6. The van der Waals surface area contributed by atoms with Gasteiger partial charge in [-0.05, 0) is 30.3 Å². The van der Waals surface area contributed by atoms with Gasteiger partial charge in [0.25, 0.3) is 11.7 Å². The number of halogens is 1. The van der Waals surface area contributed by atoms with Gasteiger partial charge in [0.05, 0.1) is 12.2 Å². The van der Waals surface area contributed by atoms with Crippen LogP contribution >= 0.6 is 15.9 Å². The summed E-state index contributed by atoms with van der Waals surface area (Å²) in [7, 11) is 0. The minimum absolute atomic E-state index is 0.117. The van der Waals surface area contributed by atoms with E-state index in [4.69, 9.17) is 15.0 Å². The molecule has 0 saturated carbocycles. The molecule has 0 atom stereocenters. The van der Waals surface area contributed by atoms with Gasteiger partial charge in [-0.15, -0.1) is 0 Å². The van der Waals surface area contributed by atoms with Crippen molar-refractivity contribution in [2.24, 2.45) is 0 Å². The number of hydrogen-bond acceptors (Lipinski definition) is 6. The molecule has 6 nitrogen and oxygen atoms in total. The van der Waals surface area contributed by atoms with Gasteiger partial charge in [0.1, 0.15) is 0 Å². The molecule has 0 aliphatic carbocycles. The maximum atomic E-state index is 11.4. The molecule has 2 rings (SSSR count). The number of rotatable bonds is 3. The fourth-order valence-corrected chi connectivity index (χ4v) is 1.72. The molecular weight excluding hydrogens is 302 g/mol. The van der Waals surface area contributed by atoms with Gasteiger partial charge in [-0.3, -0.25) is 0 Å². The largest absolute Gasteiger partial charge is 0.460 e. The Morgan fingerprint density at radius 2 is 2.33 bits per heavy atom. The number of ether oxygens (including phenoxy) is 1. The third-order valence-corrected chi connectivity index (χ3v) is 2.62. The summed E-state index contributed by atoms with van der Waals surface area (Å²) in [6.07, 6.45) is 0. The van der Waals surface area contributed by atoms with Crippen LogP contribution in [0.1, 0.15) is 17.5 Å². The highest BCUT2D eigenvalue weighted by Gasteiger charge is 2.17. The molecule has 0 aliphatic heterocycles. The molecule has 0 unspecified atom stereocenters. The number of carbonyl (C=O) groups excluding carboxylic acids is 1. The zero-order valence-corrected chi connectivity index (χ0v) is 11.1. The van der Waals surface area contributed by atoms with Crippen LogP contribution in [-0.4, -0.2) is 22.7 Å². The molecule has 2 aromatic rings. The average molecular weight is 312 g/mol. The molecule has 2 N–H and O–H groups in total. The highest BCUT2D eigenvalue weighted by atomic mass is 79.9. The summed E-state index contributed by atoms with van der Waals surface area (Å²) in [6.45, 7) is 1.95. The third-order valence-electron chi connectivity index (χ3n) is 2.13. The monoisotopic (exact) mass is 311 g/mol. The molecule has 1 heterocycles. The molecule has 0 saturated heterocycles. The molecule has 1 aromatic heterocycles. The fraction of sp³-hybridized carbons (Fsp3) is 0.182. The summed E-state index contributed by atoms with van der Waals surface area (Å²) >= 11 is 3.30. The maximum Gasteiger partial charge on any atom is 0.379 e. The lowest BCUT2D eigenvalue weighted by Crippen LogP contribution is -2.06. The zero-order chi connectivity index (χ0) is 13.1. The first-order chi connectivity index (χ1) is 8.61. The molecule has 0 aliphatic rings. The van der Waals surface area contributed by atoms with Crippen molar-refractivity contribution in [2.45, 2.75) is 6.92 Å². The molecule has 0 bridgehead atoms. The van der Waals surface area contributed by atoms with Gasteiger partial charge in [-0.25, -0.2) is 4.79 Å². The predicted octanol–water partition coefficient (Wildman–Crippen LogP) is 2.26. The Morgan fingerprint density at radius 3 is 3.00 bits per heavy atom. The molecule has 1 aromatic carbocycles. The lowest BCUT2D eigenvalue weighted by Gasteiger charge is -2.00. The number of anilines is 1. The van der Waals surface area contributed by atoms with E-state index in [0.29, 0.717) is 11.3 Å². The van der Waals surface area contributed by atoms with Crippen LogP contribution in [0.4, 0.5) is 5.69 Å². The van der Waals surface area contributed by atoms with Crippen molar-refractivity contribution in [1.29, 1.82) is 0 Å². The number of carbonyl (C=O) groups is 1. The van der Waals surface area contributed by atoms with Crippen LogP contribution in [0.15, 0.2) is 27.2 Å². The number of nitrogens with two attached hydrogens (primary N) is 1. The molecule has 18 heavy (non-hydrogen) atoms. The second kappa shape index (κ2) is 5.18. The molecule has 0 spiro atoms. The number of nitrogen functional groups attached to an aromatic ring is 1. The summed E-state index contributed by atoms with van der Waals surface area (Å²) in [5.41, 5.74) is 6.87. The smallest absolute Gasteiger partial charge is 0.379 e. The Balaban J connectivity index is 2.32. The Kier molecular flexibility index (Phi) is 3.61. The van der Waals surface area contributed by atoms with Crippen molar-refractivity contribution >= 4 is 27.6 Å². The quantitative estimate of drug-likeness (QED) is 0.690. The first-order valence-corrected chi connectivity index (χ1v) is 5.97. The number of benzene rings is 1. The summed E-state index contributed by atoms with van der Waals surface area (Å²) in [4.78, 5) is 15.3. The van der Waals surface area contributed by atoms with Crippen LogP contribution in [0.5, 0.6) is 0 Å². The minimum atomic E-state index is -0.622. The van der Waals surface area contributed by atoms with E-state index in [-0.39, 0.29) is 18.3 Å². The van der Waals surface area contributed by atoms with Crippen LogP contribution in [0.2, 0.25) is 0 Å². The highest BCUT2D eigenvalue weighted by Crippen LogP contribution is 2.27. The van der Waals surface area contributed by atoms with E-state index in [1.807, 2.05) is 0 Å². The standard InChI is InChI=1S/C11H10BrN3O3/c1-2-17-11(16)9-14-10(18-15-9)7-4-3-6(12)5-8(7)13/h3-5H,2,13H2,1H3. The highest BCUT2D eigenvalue weighted by molar-refractivity contribution is 9.10. The van der Waals surface area contributed by atoms with E-state index in [0.717, 1.165) is 4.47 Å². The second-order valence-corrected chi connectivity index (χ2v) is 4.29. The maximum absolute atomic E-state index is 11.4. The number of esters is 1. The first-order valence-electron chi connectivity index (χ1n) is 5.18. The molecule has 0 amide bonds. The van der Waals surface area contributed by atoms with Gasteiger partial charge in [0.15, 0.2) is 0 Å². The summed E-state index contributed by atoms with van der Waals surface area (Å²) in [6, 6.07) is 5.23. The number of nitrogens with zero attached hydrogens (tertiary/aromatic N) is 2. The zero-order valence-electron chi connectivity index (χ0n) is 9.51. The third kappa shape index (κ3) is 2.51. The van der Waals surface area contributed by atoms with E-state index < -0.39 is 5.97 Å². The molecule has 0 radical (unpaired) electrons. The van der Waals surface area contributed by atoms with Crippen molar-refractivity contribution < 1.29 is 14.1 Å². The van der Waals surface area contributed by atoms with Gasteiger partial charge in [-0.1, -0.05) is 15.9 Å². The Hall–Kier alpha value is -1.89. The van der Waals surface area contributed by atoms with E-state index in [9.17, 15) is 4.79 Å². The van der Waals surface area contributed by atoms with Crippen LogP contribution < -0.4 is 5.73 Å². The first kappa shape index (κ1) is 12.6. The van der Waals surface area contributed by atoms with E-state index >= 15 is 0 Å². The summed E-state index contributed by atoms with van der Waals surface area (Å²) in [5.74, 6) is -0.555. The lowest BCUT2D eigenvalue weighted by atomic mass is 10.2. The minimum Gasteiger partial charge on any atom is -0.460 e. The van der Waals surface area contributed by atoms with E-state index in [1.54, 1.807) is 25.1 Å². The van der Waals surface area contributed by atoms with Crippen LogP contribution in [0.3, 0.4) is 0 Å². The van der Waals surface area contributed by atoms with Crippen molar-refractivity contribution in [3.63, 3.8) is 0 Å². The van der Waals surface area contributed by atoms with Gasteiger partial charge < -0.3 is 15.0 Å². The lowest BCUT2D eigenvalue weighted by molar-refractivity contribution is 0.0508.